The van der Waals surface area contributed by atoms with Crippen molar-refractivity contribution in [1.82, 2.24) is 4.98 Å². The number of thioether (sulfide) groups is 1. The number of nitrogens with zero attached hydrogens (tertiary/aromatic N) is 1. The average molecular weight is 348 g/mol. The van der Waals surface area contributed by atoms with Gasteiger partial charge in [-0.2, -0.15) is 13.2 Å². The van der Waals surface area contributed by atoms with Crippen LogP contribution in [0.25, 0.3) is 0 Å². The molecule has 2 heterocycles. The molecule has 1 amide bonds. The van der Waals surface area contributed by atoms with Crippen molar-refractivity contribution < 1.29 is 22.7 Å². The number of rotatable bonds is 5. The van der Waals surface area contributed by atoms with E-state index in [0.29, 0.717) is 11.9 Å². The third-order valence-corrected chi connectivity index (χ3v) is 4.98. The summed E-state index contributed by atoms with van der Waals surface area (Å²) in [5.74, 6) is 0.516. The Kier molecular flexibility index (Phi) is 5.57. The predicted octanol–water partition coefficient (Wildman–Crippen LogP) is 3.73. The van der Waals surface area contributed by atoms with Crippen molar-refractivity contribution in [3.05, 3.63) is 23.9 Å². The van der Waals surface area contributed by atoms with Crippen LogP contribution in [0.4, 0.5) is 19.0 Å². The zero-order chi connectivity index (χ0) is 17.1. The Bertz CT molecular complexity index is 541. The van der Waals surface area contributed by atoms with E-state index in [1.165, 1.54) is 11.8 Å². The third-order valence-electron chi connectivity index (χ3n) is 3.53. The van der Waals surface area contributed by atoms with E-state index in [-0.39, 0.29) is 17.8 Å². The number of pyridine rings is 1. The molecule has 1 atom stereocenters. The number of ether oxygens (including phenoxy) is 1. The van der Waals surface area contributed by atoms with Crippen LogP contribution >= 0.6 is 11.8 Å². The van der Waals surface area contributed by atoms with Crippen molar-refractivity contribution in [2.24, 2.45) is 0 Å². The standard InChI is InChI=1S/C15H19F3N2O2S/c1-14(2,23-9-11-4-3-7-22-11)13(21)20-12-6-5-10(8-19-12)15(16,17)18/h5-6,8,11H,3-4,7,9H2,1-2H3,(H,19,20,21). The first-order valence-electron chi connectivity index (χ1n) is 7.29. The maximum absolute atomic E-state index is 12.5. The minimum atomic E-state index is -4.44. The number of aromatic nitrogens is 1. The Morgan fingerprint density at radius 2 is 2.17 bits per heavy atom. The SMILES string of the molecule is CC(C)(SCC1CCCO1)C(=O)Nc1ccc(C(F)(F)F)cn1. The highest BCUT2D eigenvalue weighted by Gasteiger charge is 2.32. The van der Waals surface area contributed by atoms with Gasteiger partial charge in [-0.15, -0.1) is 11.8 Å². The van der Waals surface area contributed by atoms with Gasteiger partial charge in [-0.05, 0) is 38.8 Å². The second-order valence-corrected chi connectivity index (χ2v) is 7.48. The molecule has 0 aliphatic carbocycles. The molecule has 1 saturated heterocycles. The van der Waals surface area contributed by atoms with Crippen LogP contribution in [-0.4, -0.2) is 34.1 Å². The number of hydrogen-bond donors (Lipinski definition) is 1. The molecule has 4 nitrogen and oxygen atoms in total. The van der Waals surface area contributed by atoms with E-state index in [0.717, 1.165) is 31.6 Å². The maximum Gasteiger partial charge on any atom is 0.417 e. The number of amides is 1. The van der Waals surface area contributed by atoms with Crippen LogP contribution in [0.3, 0.4) is 0 Å². The molecule has 128 valence electrons. The summed E-state index contributed by atoms with van der Waals surface area (Å²) >= 11 is 1.47. The minimum absolute atomic E-state index is 0.105. The van der Waals surface area contributed by atoms with Gasteiger partial charge in [0, 0.05) is 18.6 Å². The quantitative estimate of drug-likeness (QED) is 0.881. The van der Waals surface area contributed by atoms with Gasteiger partial charge < -0.3 is 10.1 Å². The van der Waals surface area contributed by atoms with Gasteiger partial charge in [-0.3, -0.25) is 4.79 Å². The first kappa shape index (κ1) is 18.1. The van der Waals surface area contributed by atoms with Crippen LogP contribution in [0.1, 0.15) is 32.3 Å². The highest BCUT2D eigenvalue weighted by atomic mass is 32.2. The van der Waals surface area contributed by atoms with E-state index < -0.39 is 16.5 Å². The number of halogens is 3. The number of nitrogens with one attached hydrogen (secondary N) is 1. The molecule has 8 heteroatoms. The topological polar surface area (TPSA) is 51.2 Å². The Labute approximate surface area is 137 Å². The number of alkyl halides is 3. The van der Waals surface area contributed by atoms with E-state index in [1.807, 2.05) is 0 Å². The Hall–Kier alpha value is -1.28. The molecule has 1 N–H and O–H groups in total. The van der Waals surface area contributed by atoms with E-state index >= 15 is 0 Å². The van der Waals surface area contributed by atoms with Gasteiger partial charge in [0.1, 0.15) is 5.82 Å². The van der Waals surface area contributed by atoms with Crippen LogP contribution < -0.4 is 5.32 Å². The van der Waals surface area contributed by atoms with Gasteiger partial charge >= 0.3 is 6.18 Å². The van der Waals surface area contributed by atoms with Crippen LogP contribution in [0.2, 0.25) is 0 Å². The van der Waals surface area contributed by atoms with E-state index in [4.69, 9.17) is 4.74 Å². The van der Waals surface area contributed by atoms with Crippen LogP contribution in [-0.2, 0) is 15.7 Å². The predicted molar refractivity (Wildman–Crippen MR) is 83.4 cm³/mol. The van der Waals surface area contributed by atoms with Crippen molar-refractivity contribution in [3.8, 4) is 0 Å². The summed E-state index contributed by atoms with van der Waals surface area (Å²) in [5, 5.41) is 2.56. The molecule has 1 aromatic heterocycles. The first-order valence-corrected chi connectivity index (χ1v) is 8.27. The highest BCUT2D eigenvalue weighted by molar-refractivity contribution is 8.01. The van der Waals surface area contributed by atoms with Crippen molar-refractivity contribution in [3.63, 3.8) is 0 Å². The molecule has 0 saturated carbocycles. The van der Waals surface area contributed by atoms with E-state index in [1.54, 1.807) is 13.8 Å². The molecule has 0 spiro atoms. The van der Waals surface area contributed by atoms with Crippen molar-refractivity contribution in [1.29, 1.82) is 0 Å². The molecular formula is C15H19F3N2O2S. The lowest BCUT2D eigenvalue weighted by Crippen LogP contribution is -2.35. The fourth-order valence-corrected chi connectivity index (χ4v) is 3.09. The summed E-state index contributed by atoms with van der Waals surface area (Å²) in [6.45, 7) is 4.30. The first-order chi connectivity index (χ1) is 10.7. The molecule has 2 rings (SSSR count). The second kappa shape index (κ2) is 7.09. The van der Waals surface area contributed by atoms with Crippen LogP contribution in [0, 0.1) is 0 Å². The van der Waals surface area contributed by atoms with Crippen molar-refractivity contribution in [2.75, 3.05) is 17.7 Å². The summed E-state index contributed by atoms with van der Waals surface area (Å²) in [6, 6.07) is 2.05. The van der Waals surface area contributed by atoms with Crippen molar-refractivity contribution in [2.45, 2.75) is 43.7 Å². The van der Waals surface area contributed by atoms with Gasteiger partial charge in [0.15, 0.2) is 0 Å². The fraction of sp³-hybridized carbons (Fsp3) is 0.600. The van der Waals surface area contributed by atoms with E-state index in [9.17, 15) is 18.0 Å². The zero-order valence-electron chi connectivity index (χ0n) is 12.9. The molecule has 0 aromatic carbocycles. The molecule has 23 heavy (non-hydrogen) atoms. The summed E-state index contributed by atoms with van der Waals surface area (Å²) in [7, 11) is 0. The van der Waals surface area contributed by atoms with Gasteiger partial charge in [0.25, 0.3) is 0 Å². The maximum atomic E-state index is 12.5. The third kappa shape index (κ3) is 5.10. The Balaban J connectivity index is 1.91. The van der Waals surface area contributed by atoms with Crippen LogP contribution in [0.15, 0.2) is 18.3 Å². The van der Waals surface area contributed by atoms with Crippen molar-refractivity contribution >= 4 is 23.5 Å². The summed E-state index contributed by atoms with van der Waals surface area (Å²) in [5.41, 5.74) is -0.845. The molecule has 1 aromatic rings. The molecule has 1 fully saturated rings. The Morgan fingerprint density at radius 3 is 2.70 bits per heavy atom. The van der Waals surface area contributed by atoms with Gasteiger partial charge in [0.2, 0.25) is 5.91 Å². The lowest BCUT2D eigenvalue weighted by atomic mass is 10.2. The largest absolute Gasteiger partial charge is 0.417 e. The monoisotopic (exact) mass is 348 g/mol. The fourth-order valence-electron chi connectivity index (χ4n) is 2.04. The summed E-state index contributed by atoms with van der Waals surface area (Å²) < 4.78 is 42.2. The average Bonchev–Trinajstić information content (AvgIpc) is 2.98. The van der Waals surface area contributed by atoms with Gasteiger partial charge in [-0.25, -0.2) is 4.98 Å². The lowest BCUT2D eigenvalue weighted by Gasteiger charge is -2.24. The Morgan fingerprint density at radius 1 is 1.43 bits per heavy atom. The number of carbonyl (C=O) groups excluding carboxylic acids is 1. The zero-order valence-corrected chi connectivity index (χ0v) is 13.8. The summed E-state index contributed by atoms with van der Waals surface area (Å²) in [4.78, 5) is 15.9. The molecule has 0 bridgehead atoms. The number of hydrogen-bond acceptors (Lipinski definition) is 4. The highest BCUT2D eigenvalue weighted by Crippen LogP contribution is 2.31. The summed E-state index contributed by atoms with van der Waals surface area (Å²) in [6.07, 6.45) is -1.54. The second-order valence-electron chi connectivity index (χ2n) is 5.84. The minimum Gasteiger partial charge on any atom is -0.377 e. The van der Waals surface area contributed by atoms with Gasteiger partial charge in [0.05, 0.1) is 16.4 Å². The molecule has 1 aliphatic heterocycles. The normalized spacial score (nSPS) is 18.9. The van der Waals surface area contributed by atoms with Crippen LogP contribution in [0.5, 0.6) is 0 Å². The molecule has 1 unspecified atom stereocenters. The van der Waals surface area contributed by atoms with Gasteiger partial charge in [-0.1, -0.05) is 0 Å². The number of carbonyl (C=O) groups is 1. The lowest BCUT2D eigenvalue weighted by molar-refractivity contribution is -0.137. The van der Waals surface area contributed by atoms with E-state index in [2.05, 4.69) is 10.3 Å². The molecule has 0 radical (unpaired) electrons. The molecule has 1 aliphatic rings. The molecular weight excluding hydrogens is 329 g/mol. The smallest absolute Gasteiger partial charge is 0.377 e. The number of anilines is 1.